The first kappa shape index (κ1) is 17.1. The summed E-state index contributed by atoms with van der Waals surface area (Å²) in [6.45, 7) is 4.63. The topological polar surface area (TPSA) is 50.4 Å². The summed E-state index contributed by atoms with van der Waals surface area (Å²) in [5, 5.41) is 6.98. The van der Waals surface area contributed by atoms with Crippen LogP contribution in [0.5, 0.6) is 5.75 Å². The number of amides is 1. The van der Waals surface area contributed by atoms with Crippen LogP contribution < -0.4 is 15.4 Å². The summed E-state index contributed by atoms with van der Waals surface area (Å²) in [5.74, 6) is 1.57. The van der Waals surface area contributed by atoms with Gasteiger partial charge in [-0.25, -0.2) is 0 Å². The van der Waals surface area contributed by atoms with E-state index in [9.17, 15) is 4.79 Å². The molecule has 2 N–H and O–H groups in total. The highest BCUT2D eigenvalue weighted by Gasteiger charge is 2.14. The molecule has 0 saturated carbocycles. The number of ether oxygens (including phenoxy) is 1. The SMILES string of the molecule is CC(CNC(=O)CCC1CCNCC1)Oc1ccc(Cl)cc1. The molecule has 1 heterocycles. The first-order valence-corrected chi connectivity index (χ1v) is 8.41. The second-order valence-corrected chi connectivity index (χ2v) is 6.35. The van der Waals surface area contributed by atoms with Crippen molar-refractivity contribution < 1.29 is 9.53 Å². The maximum atomic E-state index is 11.9. The molecule has 0 spiro atoms. The number of halogens is 1. The number of hydrogen-bond donors (Lipinski definition) is 2. The molecule has 2 rings (SSSR count). The number of piperidine rings is 1. The third-order valence-electron chi connectivity index (χ3n) is 3.98. The number of rotatable bonds is 7. The van der Waals surface area contributed by atoms with E-state index in [1.54, 1.807) is 12.1 Å². The van der Waals surface area contributed by atoms with Crippen LogP contribution in [0.3, 0.4) is 0 Å². The van der Waals surface area contributed by atoms with Gasteiger partial charge in [0.05, 0.1) is 6.54 Å². The van der Waals surface area contributed by atoms with Crippen LogP contribution in [-0.2, 0) is 4.79 Å². The van der Waals surface area contributed by atoms with Gasteiger partial charge in [-0.05, 0) is 69.5 Å². The van der Waals surface area contributed by atoms with Gasteiger partial charge in [-0.1, -0.05) is 11.6 Å². The molecule has 1 aromatic rings. The Balaban J connectivity index is 1.61. The largest absolute Gasteiger partial charge is 0.489 e. The fraction of sp³-hybridized carbons (Fsp3) is 0.588. The van der Waals surface area contributed by atoms with Gasteiger partial charge in [0, 0.05) is 11.4 Å². The first-order valence-electron chi connectivity index (χ1n) is 8.03. The summed E-state index contributed by atoms with van der Waals surface area (Å²) in [5.41, 5.74) is 0. The summed E-state index contributed by atoms with van der Waals surface area (Å²) >= 11 is 5.83. The molecule has 0 bridgehead atoms. The zero-order chi connectivity index (χ0) is 15.8. The molecule has 122 valence electrons. The van der Waals surface area contributed by atoms with Crippen LogP contribution in [0, 0.1) is 5.92 Å². The lowest BCUT2D eigenvalue weighted by Gasteiger charge is -2.22. The minimum Gasteiger partial charge on any atom is -0.489 e. The molecule has 1 atom stereocenters. The predicted molar refractivity (Wildman–Crippen MR) is 89.4 cm³/mol. The van der Waals surface area contributed by atoms with E-state index in [2.05, 4.69) is 10.6 Å². The molecule has 1 amide bonds. The molecular formula is C17H25ClN2O2. The van der Waals surface area contributed by atoms with Crippen molar-refractivity contribution in [2.75, 3.05) is 19.6 Å². The van der Waals surface area contributed by atoms with Gasteiger partial charge in [0.15, 0.2) is 0 Å². The van der Waals surface area contributed by atoms with Crippen molar-refractivity contribution in [3.63, 3.8) is 0 Å². The van der Waals surface area contributed by atoms with E-state index in [0.29, 0.717) is 23.9 Å². The molecule has 1 aliphatic heterocycles. The van der Waals surface area contributed by atoms with Gasteiger partial charge in [-0.2, -0.15) is 0 Å². The van der Waals surface area contributed by atoms with E-state index in [1.807, 2.05) is 19.1 Å². The van der Waals surface area contributed by atoms with Crippen molar-refractivity contribution in [2.24, 2.45) is 5.92 Å². The smallest absolute Gasteiger partial charge is 0.220 e. The molecule has 0 aromatic heterocycles. The summed E-state index contributed by atoms with van der Waals surface area (Å²) in [6, 6.07) is 7.25. The minimum atomic E-state index is -0.0657. The van der Waals surface area contributed by atoms with E-state index >= 15 is 0 Å². The van der Waals surface area contributed by atoms with Gasteiger partial charge >= 0.3 is 0 Å². The summed E-state index contributed by atoms with van der Waals surface area (Å²) < 4.78 is 5.73. The van der Waals surface area contributed by atoms with Gasteiger partial charge in [-0.15, -0.1) is 0 Å². The monoisotopic (exact) mass is 324 g/mol. The lowest BCUT2D eigenvalue weighted by atomic mass is 9.93. The highest BCUT2D eigenvalue weighted by atomic mass is 35.5. The highest BCUT2D eigenvalue weighted by Crippen LogP contribution is 2.18. The Morgan fingerprint density at radius 3 is 2.73 bits per heavy atom. The molecule has 0 radical (unpaired) electrons. The van der Waals surface area contributed by atoms with Crippen molar-refractivity contribution in [3.8, 4) is 5.75 Å². The normalized spacial score (nSPS) is 17.0. The molecule has 4 nitrogen and oxygen atoms in total. The Labute approximate surface area is 137 Å². The average Bonchev–Trinajstić information content (AvgIpc) is 2.54. The van der Waals surface area contributed by atoms with Crippen LogP contribution in [0.1, 0.15) is 32.6 Å². The highest BCUT2D eigenvalue weighted by molar-refractivity contribution is 6.30. The predicted octanol–water partition coefficient (Wildman–Crippen LogP) is 3.00. The fourth-order valence-electron chi connectivity index (χ4n) is 2.64. The van der Waals surface area contributed by atoms with Gasteiger partial charge in [0.1, 0.15) is 11.9 Å². The molecular weight excluding hydrogens is 300 g/mol. The summed E-state index contributed by atoms with van der Waals surface area (Å²) in [4.78, 5) is 11.9. The lowest BCUT2D eigenvalue weighted by Crippen LogP contribution is -2.34. The number of hydrogen-bond acceptors (Lipinski definition) is 3. The molecule has 5 heteroatoms. The third-order valence-corrected chi connectivity index (χ3v) is 4.23. The summed E-state index contributed by atoms with van der Waals surface area (Å²) in [6.07, 6.45) is 3.90. The molecule has 1 aliphatic rings. The van der Waals surface area contributed by atoms with Crippen LogP contribution in [0.25, 0.3) is 0 Å². The fourth-order valence-corrected chi connectivity index (χ4v) is 2.76. The van der Waals surface area contributed by atoms with E-state index in [-0.39, 0.29) is 12.0 Å². The Morgan fingerprint density at radius 2 is 2.05 bits per heavy atom. The van der Waals surface area contributed by atoms with E-state index in [1.165, 1.54) is 12.8 Å². The molecule has 22 heavy (non-hydrogen) atoms. The molecule has 1 saturated heterocycles. The van der Waals surface area contributed by atoms with Crippen molar-refractivity contribution in [3.05, 3.63) is 29.3 Å². The summed E-state index contributed by atoms with van der Waals surface area (Å²) in [7, 11) is 0. The number of carbonyl (C=O) groups excluding carboxylic acids is 1. The molecule has 1 fully saturated rings. The standard InChI is InChI=1S/C17H25ClN2O2/c1-13(22-16-5-3-15(18)4-6-16)12-20-17(21)7-2-14-8-10-19-11-9-14/h3-6,13-14,19H,2,7-12H2,1H3,(H,20,21). The van der Waals surface area contributed by atoms with Crippen LogP contribution >= 0.6 is 11.6 Å². The second-order valence-electron chi connectivity index (χ2n) is 5.92. The van der Waals surface area contributed by atoms with Gasteiger partial charge in [-0.3, -0.25) is 4.79 Å². The Bertz CT molecular complexity index is 458. The van der Waals surface area contributed by atoms with E-state index in [4.69, 9.17) is 16.3 Å². The van der Waals surface area contributed by atoms with Crippen LogP contribution in [0.15, 0.2) is 24.3 Å². The second kappa shape index (κ2) is 9.01. The van der Waals surface area contributed by atoms with Crippen molar-refractivity contribution in [2.45, 2.75) is 38.7 Å². The van der Waals surface area contributed by atoms with E-state index < -0.39 is 0 Å². The Morgan fingerprint density at radius 1 is 1.36 bits per heavy atom. The van der Waals surface area contributed by atoms with Crippen molar-refractivity contribution in [1.82, 2.24) is 10.6 Å². The van der Waals surface area contributed by atoms with Crippen molar-refractivity contribution in [1.29, 1.82) is 0 Å². The van der Waals surface area contributed by atoms with Gasteiger partial charge in [0.2, 0.25) is 5.91 Å². The zero-order valence-electron chi connectivity index (χ0n) is 13.1. The van der Waals surface area contributed by atoms with Crippen LogP contribution in [0.4, 0.5) is 0 Å². The lowest BCUT2D eigenvalue weighted by molar-refractivity contribution is -0.121. The number of benzene rings is 1. The molecule has 1 aromatic carbocycles. The maximum Gasteiger partial charge on any atom is 0.220 e. The zero-order valence-corrected chi connectivity index (χ0v) is 13.9. The molecule has 0 aliphatic carbocycles. The molecule has 1 unspecified atom stereocenters. The van der Waals surface area contributed by atoms with E-state index in [0.717, 1.165) is 25.3 Å². The average molecular weight is 325 g/mol. The third kappa shape index (κ3) is 6.24. The quantitative estimate of drug-likeness (QED) is 0.810. The maximum absolute atomic E-state index is 11.9. The first-order chi connectivity index (χ1) is 10.6. The van der Waals surface area contributed by atoms with Crippen LogP contribution in [-0.4, -0.2) is 31.6 Å². The van der Waals surface area contributed by atoms with Crippen molar-refractivity contribution >= 4 is 17.5 Å². The Kier molecular flexibility index (Phi) is 7.00. The number of carbonyl (C=O) groups is 1. The Hall–Kier alpha value is -1.26. The van der Waals surface area contributed by atoms with Crippen LogP contribution in [0.2, 0.25) is 5.02 Å². The minimum absolute atomic E-state index is 0.0657. The number of nitrogens with one attached hydrogen (secondary N) is 2. The van der Waals surface area contributed by atoms with Gasteiger partial charge in [0.25, 0.3) is 0 Å². The van der Waals surface area contributed by atoms with Gasteiger partial charge < -0.3 is 15.4 Å².